The lowest BCUT2D eigenvalue weighted by atomic mass is 9.85. The van der Waals surface area contributed by atoms with E-state index < -0.39 is 53.2 Å². The van der Waals surface area contributed by atoms with E-state index in [4.69, 9.17) is 0 Å². The number of rotatable bonds is 4. The lowest BCUT2D eigenvalue weighted by Gasteiger charge is -2.33. The van der Waals surface area contributed by atoms with Crippen molar-refractivity contribution in [1.82, 2.24) is 9.62 Å². The highest BCUT2D eigenvalue weighted by Gasteiger charge is 2.72. The highest BCUT2D eigenvalue weighted by molar-refractivity contribution is 7.89. The molecule has 1 fully saturated rings. The molecule has 0 aliphatic carbocycles. The number of halogens is 6. The molecular formula is C15H16F6N2O3S. The SMILES string of the molecule is CCNS(=O)(=O)c1ccc(C(=O)N2CCC(C(F)(F)F)(C(F)(F)F)C2)cc1. The Balaban J connectivity index is 2.25. The molecule has 0 atom stereocenters. The van der Waals surface area contributed by atoms with Gasteiger partial charge in [-0.3, -0.25) is 4.79 Å². The molecule has 5 nitrogen and oxygen atoms in total. The summed E-state index contributed by atoms with van der Waals surface area (Å²) in [6.07, 6.45) is -12.4. The van der Waals surface area contributed by atoms with Gasteiger partial charge in [0.15, 0.2) is 5.41 Å². The molecule has 0 unspecified atom stereocenters. The minimum atomic E-state index is -5.55. The van der Waals surface area contributed by atoms with E-state index in [2.05, 4.69) is 4.72 Å². The van der Waals surface area contributed by atoms with Gasteiger partial charge >= 0.3 is 12.4 Å². The van der Waals surface area contributed by atoms with E-state index in [1.807, 2.05) is 0 Å². The number of sulfonamides is 1. The Morgan fingerprint density at radius 1 is 1.11 bits per heavy atom. The zero-order chi connectivity index (χ0) is 20.7. The molecule has 0 bridgehead atoms. The van der Waals surface area contributed by atoms with E-state index in [0.717, 1.165) is 24.3 Å². The fraction of sp³-hybridized carbons (Fsp3) is 0.533. The molecule has 0 radical (unpaired) electrons. The highest BCUT2D eigenvalue weighted by atomic mass is 32.2. The van der Waals surface area contributed by atoms with Gasteiger partial charge in [0.1, 0.15) is 0 Å². The second-order valence-electron chi connectivity index (χ2n) is 6.08. The van der Waals surface area contributed by atoms with E-state index in [1.165, 1.54) is 0 Å². The van der Waals surface area contributed by atoms with Crippen LogP contribution in [0.2, 0.25) is 0 Å². The largest absolute Gasteiger partial charge is 0.404 e. The van der Waals surface area contributed by atoms with Crippen molar-refractivity contribution < 1.29 is 39.6 Å². The number of benzene rings is 1. The summed E-state index contributed by atoms with van der Waals surface area (Å²) in [6.45, 7) is -0.574. The van der Waals surface area contributed by atoms with Crippen LogP contribution in [0.1, 0.15) is 23.7 Å². The third-order valence-electron chi connectivity index (χ3n) is 4.39. The summed E-state index contributed by atoms with van der Waals surface area (Å²) in [7, 11) is -3.80. The molecule has 0 aromatic heterocycles. The Labute approximate surface area is 151 Å². The molecule has 2 rings (SSSR count). The predicted octanol–water partition coefficient (Wildman–Crippen LogP) is 2.94. The Kier molecular flexibility index (Phi) is 5.54. The van der Waals surface area contributed by atoms with Crippen LogP contribution in [-0.4, -0.2) is 51.2 Å². The number of carbonyl (C=O) groups is 1. The third kappa shape index (κ3) is 3.91. The minimum Gasteiger partial charge on any atom is -0.337 e. The maximum Gasteiger partial charge on any atom is 0.404 e. The van der Waals surface area contributed by atoms with Gasteiger partial charge in [-0.25, -0.2) is 13.1 Å². The lowest BCUT2D eigenvalue weighted by molar-refractivity contribution is -0.334. The first-order valence-electron chi connectivity index (χ1n) is 7.77. The van der Waals surface area contributed by atoms with Crippen LogP contribution >= 0.6 is 0 Å². The quantitative estimate of drug-likeness (QED) is 0.765. The van der Waals surface area contributed by atoms with Crippen molar-refractivity contribution in [3.05, 3.63) is 29.8 Å². The van der Waals surface area contributed by atoms with Crippen molar-refractivity contribution in [3.63, 3.8) is 0 Å². The lowest BCUT2D eigenvalue weighted by Crippen LogP contribution is -2.52. The van der Waals surface area contributed by atoms with E-state index in [-0.39, 0.29) is 17.0 Å². The van der Waals surface area contributed by atoms with Crippen LogP contribution in [0.4, 0.5) is 26.3 Å². The van der Waals surface area contributed by atoms with Gasteiger partial charge in [0.2, 0.25) is 10.0 Å². The van der Waals surface area contributed by atoms with Gasteiger partial charge in [-0.15, -0.1) is 0 Å². The monoisotopic (exact) mass is 418 g/mol. The number of hydrogen-bond donors (Lipinski definition) is 1. The van der Waals surface area contributed by atoms with E-state index in [1.54, 1.807) is 6.92 Å². The van der Waals surface area contributed by atoms with Crippen molar-refractivity contribution in [3.8, 4) is 0 Å². The van der Waals surface area contributed by atoms with Gasteiger partial charge in [-0.05, 0) is 30.7 Å². The Bertz CT molecular complexity index is 788. The van der Waals surface area contributed by atoms with Crippen LogP contribution in [0.25, 0.3) is 0 Å². The summed E-state index contributed by atoms with van der Waals surface area (Å²) in [5.41, 5.74) is -4.17. The average molecular weight is 418 g/mol. The van der Waals surface area contributed by atoms with Crippen LogP contribution in [0.5, 0.6) is 0 Å². The van der Waals surface area contributed by atoms with Gasteiger partial charge in [-0.1, -0.05) is 6.92 Å². The van der Waals surface area contributed by atoms with Gasteiger partial charge < -0.3 is 4.90 Å². The van der Waals surface area contributed by atoms with E-state index in [0.29, 0.717) is 4.90 Å². The number of amides is 1. The number of likely N-dealkylation sites (tertiary alicyclic amines) is 1. The first kappa shape index (κ1) is 21.5. The molecule has 0 spiro atoms. The molecule has 1 aliphatic rings. The third-order valence-corrected chi connectivity index (χ3v) is 5.95. The molecule has 1 saturated heterocycles. The van der Waals surface area contributed by atoms with E-state index >= 15 is 0 Å². The fourth-order valence-corrected chi connectivity index (χ4v) is 3.88. The first-order chi connectivity index (χ1) is 12.2. The molecule has 12 heteroatoms. The second kappa shape index (κ2) is 6.97. The van der Waals surface area contributed by atoms with Crippen molar-refractivity contribution in [2.45, 2.75) is 30.6 Å². The first-order valence-corrected chi connectivity index (χ1v) is 9.26. The second-order valence-corrected chi connectivity index (χ2v) is 7.85. The zero-order valence-corrected chi connectivity index (χ0v) is 14.8. The molecule has 1 aromatic rings. The van der Waals surface area contributed by atoms with Gasteiger partial charge in [0.05, 0.1) is 4.90 Å². The molecule has 1 aromatic carbocycles. The topological polar surface area (TPSA) is 66.5 Å². The van der Waals surface area contributed by atoms with Crippen molar-refractivity contribution in [2.24, 2.45) is 5.41 Å². The number of hydrogen-bond acceptors (Lipinski definition) is 3. The van der Waals surface area contributed by atoms with Crippen LogP contribution in [0, 0.1) is 5.41 Å². The summed E-state index contributed by atoms with van der Waals surface area (Å²) in [5.74, 6) is -1.03. The standard InChI is InChI=1S/C15H16F6N2O3S/c1-2-22-27(25,26)11-5-3-10(4-6-11)12(24)23-8-7-13(9-23,14(16,17)18)15(19,20)21/h3-6,22H,2,7-9H2,1H3. The average Bonchev–Trinajstić information content (AvgIpc) is 3.01. The Morgan fingerprint density at radius 2 is 1.63 bits per heavy atom. The molecular weight excluding hydrogens is 402 g/mol. The van der Waals surface area contributed by atoms with Gasteiger partial charge in [0.25, 0.3) is 5.91 Å². The normalized spacial score (nSPS) is 18.0. The molecule has 152 valence electrons. The summed E-state index contributed by atoms with van der Waals surface area (Å²) >= 11 is 0. The van der Waals surface area contributed by atoms with Crippen LogP contribution < -0.4 is 4.72 Å². The van der Waals surface area contributed by atoms with E-state index in [9.17, 15) is 39.6 Å². The highest BCUT2D eigenvalue weighted by Crippen LogP contribution is 2.55. The number of alkyl halides is 6. The van der Waals surface area contributed by atoms with Gasteiger partial charge in [0, 0.05) is 25.2 Å². The predicted molar refractivity (Wildman–Crippen MR) is 82.4 cm³/mol. The van der Waals surface area contributed by atoms with Crippen molar-refractivity contribution in [1.29, 1.82) is 0 Å². The van der Waals surface area contributed by atoms with Crippen LogP contribution in [-0.2, 0) is 10.0 Å². The summed E-state index contributed by atoms with van der Waals surface area (Å²) < 4.78 is 104. The maximum atomic E-state index is 13.1. The maximum absolute atomic E-state index is 13.1. The molecule has 0 saturated carbocycles. The van der Waals surface area contributed by atoms with Crippen LogP contribution in [0.3, 0.4) is 0 Å². The summed E-state index contributed by atoms with van der Waals surface area (Å²) in [4.78, 5) is 12.6. The zero-order valence-electron chi connectivity index (χ0n) is 14.0. The summed E-state index contributed by atoms with van der Waals surface area (Å²) in [6, 6.07) is 4.21. The fourth-order valence-electron chi connectivity index (χ4n) is 2.84. The number of carbonyl (C=O) groups excluding carboxylic acids is 1. The summed E-state index contributed by atoms with van der Waals surface area (Å²) in [5, 5.41) is 0. The van der Waals surface area contributed by atoms with Crippen LogP contribution in [0.15, 0.2) is 29.2 Å². The Morgan fingerprint density at radius 3 is 2.04 bits per heavy atom. The number of nitrogens with one attached hydrogen (secondary N) is 1. The smallest absolute Gasteiger partial charge is 0.337 e. The van der Waals surface area contributed by atoms with Gasteiger partial charge in [-0.2, -0.15) is 26.3 Å². The minimum absolute atomic E-state index is 0.119. The molecule has 1 heterocycles. The molecule has 1 amide bonds. The number of nitrogens with zero attached hydrogens (tertiary/aromatic N) is 1. The molecule has 27 heavy (non-hydrogen) atoms. The van der Waals surface area contributed by atoms with Crippen molar-refractivity contribution in [2.75, 3.05) is 19.6 Å². The molecule has 1 N–H and O–H groups in total. The van der Waals surface area contributed by atoms with Crippen molar-refractivity contribution >= 4 is 15.9 Å². The molecule has 1 aliphatic heterocycles. The Hall–Kier alpha value is -1.82.